The molecule has 0 aliphatic carbocycles. The van der Waals surface area contributed by atoms with Crippen molar-refractivity contribution in [2.75, 3.05) is 53.2 Å². The number of esters is 1. The van der Waals surface area contributed by atoms with Crippen LogP contribution < -0.4 is 0 Å². The highest BCUT2D eigenvalue weighted by atomic mass is 16.5. The van der Waals surface area contributed by atoms with E-state index in [9.17, 15) is 4.79 Å². The van der Waals surface area contributed by atoms with Crippen LogP contribution in [0, 0.1) is 0 Å². The minimum absolute atomic E-state index is 0.179. The van der Waals surface area contributed by atoms with Gasteiger partial charge in [-0.2, -0.15) is 0 Å². The van der Waals surface area contributed by atoms with Gasteiger partial charge in [0, 0.05) is 13.7 Å². The first-order valence-electron chi connectivity index (χ1n) is 5.69. The molecular formula is C11H23NO4. The van der Waals surface area contributed by atoms with Crippen LogP contribution in [0.1, 0.15) is 13.8 Å². The molecule has 5 heteroatoms. The summed E-state index contributed by atoms with van der Waals surface area (Å²) in [5.74, 6) is -0.179. The van der Waals surface area contributed by atoms with Crippen LogP contribution in [0.15, 0.2) is 0 Å². The van der Waals surface area contributed by atoms with Crippen molar-refractivity contribution >= 4 is 5.97 Å². The van der Waals surface area contributed by atoms with Crippen LogP contribution in [0.3, 0.4) is 0 Å². The van der Waals surface area contributed by atoms with Gasteiger partial charge in [-0.15, -0.1) is 0 Å². The van der Waals surface area contributed by atoms with Crippen molar-refractivity contribution in [3.05, 3.63) is 0 Å². The summed E-state index contributed by atoms with van der Waals surface area (Å²) in [5.41, 5.74) is 0. The molecule has 0 aromatic rings. The van der Waals surface area contributed by atoms with Crippen molar-refractivity contribution in [1.29, 1.82) is 0 Å². The fourth-order valence-electron chi connectivity index (χ4n) is 1.18. The van der Waals surface area contributed by atoms with Crippen LogP contribution in [0.4, 0.5) is 0 Å². The molecule has 0 aliphatic rings. The lowest BCUT2D eigenvalue weighted by Crippen LogP contribution is -2.33. The second kappa shape index (κ2) is 10.9. The van der Waals surface area contributed by atoms with E-state index in [1.54, 1.807) is 7.11 Å². The van der Waals surface area contributed by atoms with Gasteiger partial charge in [0.05, 0.1) is 33.0 Å². The highest BCUT2D eigenvalue weighted by Crippen LogP contribution is 1.90. The fraction of sp³-hybridized carbons (Fsp3) is 0.909. The van der Waals surface area contributed by atoms with Crippen molar-refractivity contribution in [2.24, 2.45) is 0 Å². The summed E-state index contributed by atoms with van der Waals surface area (Å²) in [6.45, 7) is 7.93. The number of ether oxygens (including phenoxy) is 3. The number of rotatable bonds is 10. The largest absolute Gasteiger partial charge is 0.465 e. The summed E-state index contributed by atoms with van der Waals surface area (Å²) in [4.78, 5) is 13.2. The smallest absolute Gasteiger partial charge is 0.320 e. The molecule has 0 unspecified atom stereocenters. The van der Waals surface area contributed by atoms with E-state index in [-0.39, 0.29) is 5.97 Å². The Hall–Kier alpha value is -0.650. The quantitative estimate of drug-likeness (QED) is 0.407. The summed E-state index contributed by atoms with van der Waals surface area (Å²) in [6, 6.07) is 0. The first kappa shape index (κ1) is 15.3. The molecule has 0 saturated carbocycles. The van der Waals surface area contributed by atoms with E-state index in [2.05, 4.69) is 0 Å². The van der Waals surface area contributed by atoms with Crippen LogP contribution in [0.5, 0.6) is 0 Å². The van der Waals surface area contributed by atoms with Crippen LogP contribution in [0.25, 0.3) is 0 Å². The molecule has 0 aromatic heterocycles. The third-order valence-electron chi connectivity index (χ3n) is 2.09. The number of likely N-dealkylation sites (N-methyl/N-ethyl adjacent to an activating group) is 1. The third-order valence-corrected chi connectivity index (χ3v) is 2.09. The van der Waals surface area contributed by atoms with E-state index in [0.29, 0.717) is 33.0 Å². The monoisotopic (exact) mass is 233 g/mol. The van der Waals surface area contributed by atoms with E-state index in [1.807, 2.05) is 18.7 Å². The molecule has 0 N–H and O–H groups in total. The highest BCUT2D eigenvalue weighted by molar-refractivity contribution is 5.71. The van der Waals surface area contributed by atoms with Gasteiger partial charge in [0.1, 0.15) is 0 Å². The maximum Gasteiger partial charge on any atom is 0.320 e. The molecule has 0 aromatic carbocycles. The molecule has 5 nitrogen and oxygen atoms in total. The molecule has 0 aliphatic heterocycles. The topological polar surface area (TPSA) is 48.0 Å². The standard InChI is InChI=1S/C11H23NO4/c1-4-12(10-11(13)16-5-2)6-7-15-9-8-14-3/h4-10H2,1-3H3. The average molecular weight is 233 g/mol. The highest BCUT2D eigenvalue weighted by Gasteiger charge is 2.08. The Bertz CT molecular complexity index is 175. The number of carbonyl (C=O) groups excluding carboxylic acids is 1. The molecule has 96 valence electrons. The minimum atomic E-state index is -0.179. The van der Waals surface area contributed by atoms with Crippen molar-refractivity contribution in [2.45, 2.75) is 13.8 Å². The normalized spacial score (nSPS) is 10.8. The Morgan fingerprint density at radius 3 is 2.50 bits per heavy atom. The summed E-state index contributed by atoms with van der Waals surface area (Å²) in [6.07, 6.45) is 0. The van der Waals surface area contributed by atoms with Gasteiger partial charge in [-0.3, -0.25) is 9.69 Å². The molecule has 0 fully saturated rings. The summed E-state index contributed by atoms with van der Waals surface area (Å²) in [7, 11) is 1.64. The van der Waals surface area contributed by atoms with E-state index >= 15 is 0 Å². The maximum atomic E-state index is 11.2. The lowest BCUT2D eigenvalue weighted by atomic mass is 10.4. The zero-order valence-electron chi connectivity index (χ0n) is 10.5. The first-order chi connectivity index (χ1) is 7.74. The minimum Gasteiger partial charge on any atom is -0.465 e. The number of methoxy groups -OCH3 is 1. The Morgan fingerprint density at radius 2 is 1.94 bits per heavy atom. The third kappa shape index (κ3) is 8.64. The van der Waals surface area contributed by atoms with Gasteiger partial charge in [-0.05, 0) is 13.5 Å². The predicted octanol–water partition coefficient (Wildman–Crippen LogP) is 0.534. The van der Waals surface area contributed by atoms with Crippen molar-refractivity contribution in [3.63, 3.8) is 0 Å². The fourth-order valence-corrected chi connectivity index (χ4v) is 1.18. The number of carbonyl (C=O) groups is 1. The maximum absolute atomic E-state index is 11.2. The van der Waals surface area contributed by atoms with Gasteiger partial charge in [0.25, 0.3) is 0 Å². The number of nitrogens with zero attached hydrogens (tertiary/aromatic N) is 1. The molecule has 0 bridgehead atoms. The van der Waals surface area contributed by atoms with Crippen LogP contribution in [-0.4, -0.2) is 64.0 Å². The van der Waals surface area contributed by atoms with Gasteiger partial charge in [0.2, 0.25) is 0 Å². The first-order valence-corrected chi connectivity index (χ1v) is 5.69. The molecule has 0 amide bonds. The van der Waals surface area contributed by atoms with E-state index in [0.717, 1.165) is 13.1 Å². The molecule has 0 spiro atoms. The second-order valence-corrected chi connectivity index (χ2v) is 3.28. The van der Waals surface area contributed by atoms with Crippen molar-refractivity contribution in [3.8, 4) is 0 Å². The molecule has 0 rings (SSSR count). The van der Waals surface area contributed by atoms with E-state index < -0.39 is 0 Å². The van der Waals surface area contributed by atoms with Gasteiger partial charge in [-0.1, -0.05) is 6.92 Å². The number of hydrogen-bond donors (Lipinski definition) is 0. The van der Waals surface area contributed by atoms with Crippen LogP contribution in [0.2, 0.25) is 0 Å². The summed E-state index contributed by atoms with van der Waals surface area (Å²) in [5, 5.41) is 0. The van der Waals surface area contributed by atoms with Crippen molar-refractivity contribution in [1.82, 2.24) is 4.90 Å². The van der Waals surface area contributed by atoms with E-state index in [4.69, 9.17) is 14.2 Å². The molecule has 0 atom stereocenters. The lowest BCUT2D eigenvalue weighted by Gasteiger charge is -2.18. The van der Waals surface area contributed by atoms with Crippen LogP contribution in [-0.2, 0) is 19.0 Å². The van der Waals surface area contributed by atoms with Gasteiger partial charge in [-0.25, -0.2) is 0 Å². The van der Waals surface area contributed by atoms with E-state index in [1.165, 1.54) is 0 Å². The summed E-state index contributed by atoms with van der Waals surface area (Å²) < 4.78 is 15.1. The summed E-state index contributed by atoms with van der Waals surface area (Å²) >= 11 is 0. The number of hydrogen-bond acceptors (Lipinski definition) is 5. The van der Waals surface area contributed by atoms with Crippen LogP contribution >= 0.6 is 0 Å². The van der Waals surface area contributed by atoms with Crippen molar-refractivity contribution < 1.29 is 19.0 Å². The Labute approximate surface area is 97.7 Å². The molecule has 16 heavy (non-hydrogen) atoms. The van der Waals surface area contributed by atoms with Gasteiger partial charge >= 0.3 is 5.97 Å². The Balaban J connectivity index is 3.54. The van der Waals surface area contributed by atoms with Gasteiger partial charge < -0.3 is 14.2 Å². The lowest BCUT2D eigenvalue weighted by molar-refractivity contribution is -0.144. The Morgan fingerprint density at radius 1 is 1.19 bits per heavy atom. The predicted molar refractivity (Wildman–Crippen MR) is 61.4 cm³/mol. The molecule has 0 heterocycles. The second-order valence-electron chi connectivity index (χ2n) is 3.28. The Kier molecular flexibility index (Phi) is 10.4. The molecule has 0 saturated heterocycles. The SMILES string of the molecule is CCOC(=O)CN(CC)CCOCCOC. The average Bonchev–Trinajstić information content (AvgIpc) is 2.27. The van der Waals surface area contributed by atoms with Gasteiger partial charge in [0.15, 0.2) is 0 Å². The molecular weight excluding hydrogens is 210 g/mol. The zero-order chi connectivity index (χ0) is 12.2. The zero-order valence-corrected chi connectivity index (χ0v) is 10.5. The molecule has 0 radical (unpaired) electrons.